The van der Waals surface area contributed by atoms with Crippen molar-refractivity contribution in [3.05, 3.63) is 58.3 Å². The van der Waals surface area contributed by atoms with Crippen LogP contribution in [0.2, 0.25) is 0 Å². The van der Waals surface area contributed by atoms with E-state index in [0.29, 0.717) is 12.2 Å². The Hall–Kier alpha value is -1.57. The molecule has 0 saturated carbocycles. The van der Waals surface area contributed by atoms with Crippen molar-refractivity contribution >= 4 is 28.0 Å². The number of benzene rings is 1. The van der Waals surface area contributed by atoms with Crippen molar-refractivity contribution in [3.63, 3.8) is 0 Å². The van der Waals surface area contributed by atoms with Crippen molar-refractivity contribution in [1.29, 1.82) is 0 Å². The standard InChI is InChI=1S/C15H16N2O3S2/c18-22(19,20)9-7-14-13-11-21-8-6-15(13)17(16-14)10-12-4-2-1-3-5-12/h1-5,7,9H,6,8,10-11H2,(H,18,19,20). The summed E-state index contributed by atoms with van der Waals surface area (Å²) in [5.41, 5.74) is 3.98. The molecular formula is C15H16N2O3S2. The van der Waals surface area contributed by atoms with Crippen molar-refractivity contribution < 1.29 is 13.0 Å². The third-order valence-electron chi connectivity index (χ3n) is 3.50. The highest BCUT2D eigenvalue weighted by molar-refractivity contribution is 7.98. The van der Waals surface area contributed by atoms with Crippen LogP contribution >= 0.6 is 11.8 Å². The topological polar surface area (TPSA) is 72.2 Å². The summed E-state index contributed by atoms with van der Waals surface area (Å²) < 4.78 is 32.6. The SMILES string of the molecule is O=S(=O)(O)C=Cc1nn(Cc2ccccc2)c2c1CSCC2. The molecule has 1 N–H and O–H groups in total. The van der Waals surface area contributed by atoms with Gasteiger partial charge >= 0.3 is 0 Å². The Balaban J connectivity index is 1.97. The monoisotopic (exact) mass is 336 g/mol. The summed E-state index contributed by atoms with van der Waals surface area (Å²) in [6.45, 7) is 0.660. The summed E-state index contributed by atoms with van der Waals surface area (Å²) in [5, 5.41) is 5.32. The normalized spacial score (nSPS) is 15.1. The zero-order chi connectivity index (χ0) is 15.6. The van der Waals surface area contributed by atoms with Gasteiger partial charge in [-0.15, -0.1) is 0 Å². The summed E-state index contributed by atoms with van der Waals surface area (Å²) in [5.74, 6) is 1.85. The molecule has 2 heterocycles. The molecule has 1 aromatic heterocycles. The van der Waals surface area contributed by atoms with Gasteiger partial charge in [0.15, 0.2) is 0 Å². The second kappa shape index (κ2) is 6.28. The van der Waals surface area contributed by atoms with E-state index in [1.165, 1.54) is 6.08 Å². The number of hydrogen-bond donors (Lipinski definition) is 1. The van der Waals surface area contributed by atoms with E-state index in [0.717, 1.165) is 40.2 Å². The Morgan fingerprint density at radius 3 is 2.82 bits per heavy atom. The molecule has 0 radical (unpaired) electrons. The van der Waals surface area contributed by atoms with Crippen LogP contribution in [-0.2, 0) is 28.8 Å². The highest BCUT2D eigenvalue weighted by atomic mass is 32.2. The first-order valence-electron chi connectivity index (χ1n) is 6.89. The number of hydrogen-bond acceptors (Lipinski definition) is 4. The smallest absolute Gasteiger partial charge is 0.282 e. The lowest BCUT2D eigenvalue weighted by Crippen LogP contribution is -2.10. The van der Waals surface area contributed by atoms with Crippen molar-refractivity contribution in [3.8, 4) is 0 Å². The minimum absolute atomic E-state index is 0.621. The van der Waals surface area contributed by atoms with Crippen LogP contribution < -0.4 is 0 Å². The summed E-state index contributed by atoms with van der Waals surface area (Å²) in [6.07, 6.45) is 2.29. The van der Waals surface area contributed by atoms with Crippen LogP contribution in [0.4, 0.5) is 0 Å². The predicted octanol–water partition coefficient (Wildman–Crippen LogP) is 2.58. The second-order valence-corrected chi connectivity index (χ2v) is 7.48. The van der Waals surface area contributed by atoms with Gasteiger partial charge in [-0.2, -0.15) is 25.3 Å². The molecule has 7 heteroatoms. The Labute approximate surface area is 133 Å². The fraction of sp³-hybridized carbons (Fsp3) is 0.267. The van der Waals surface area contributed by atoms with Gasteiger partial charge in [-0.1, -0.05) is 30.3 Å². The van der Waals surface area contributed by atoms with Crippen LogP contribution in [0.15, 0.2) is 35.7 Å². The zero-order valence-electron chi connectivity index (χ0n) is 11.8. The highest BCUT2D eigenvalue weighted by Crippen LogP contribution is 2.28. The molecule has 0 spiro atoms. The Kier molecular flexibility index (Phi) is 4.37. The lowest BCUT2D eigenvalue weighted by atomic mass is 10.1. The van der Waals surface area contributed by atoms with E-state index in [9.17, 15) is 8.42 Å². The van der Waals surface area contributed by atoms with E-state index < -0.39 is 10.1 Å². The molecule has 116 valence electrons. The molecule has 0 saturated heterocycles. The van der Waals surface area contributed by atoms with Gasteiger partial charge < -0.3 is 0 Å². The summed E-state index contributed by atoms with van der Waals surface area (Å²) in [6, 6.07) is 10.0. The van der Waals surface area contributed by atoms with Crippen LogP contribution in [-0.4, -0.2) is 28.5 Å². The van der Waals surface area contributed by atoms with Crippen LogP contribution in [0.5, 0.6) is 0 Å². The predicted molar refractivity (Wildman–Crippen MR) is 88.2 cm³/mol. The van der Waals surface area contributed by atoms with E-state index in [1.54, 1.807) is 11.8 Å². The largest absolute Gasteiger partial charge is 0.287 e. The van der Waals surface area contributed by atoms with Crippen LogP contribution in [0.3, 0.4) is 0 Å². The third kappa shape index (κ3) is 3.60. The minimum atomic E-state index is -4.14. The van der Waals surface area contributed by atoms with Gasteiger partial charge in [0.2, 0.25) is 0 Å². The molecule has 22 heavy (non-hydrogen) atoms. The Morgan fingerprint density at radius 2 is 2.09 bits per heavy atom. The molecule has 0 atom stereocenters. The summed E-state index contributed by atoms with van der Waals surface area (Å²) in [7, 11) is -4.14. The third-order valence-corrected chi connectivity index (χ3v) is 4.97. The highest BCUT2D eigenvalue weighted by Gasteiger charge is 2.20. The summed E-state index contributed by atoms with van der Waals surface area (Å²) in [4.78, 5) is 0. The van der Waals surface area contributed by atoms with E-state index in [1.807, 2.05) is 35.0 Å². The fourth-order valence-electron chi connectivity index (χ4n) is 2.51. The first-order chi connectivity index (χ1) is 10.5. The van der Waals surface area contributed by atoms with Crippen molar-refractivity contribution in [1.82, 2.24) is 9.78 Å². The van der Waals surface area contributed by atoms with E-state index in [4.69, 9.17) is 4.55 Å². The molecule has 1 aromatic carbocycles. The van der Waals surface area contributed by atoms with Gasteiger partial charge in [0.05, 0.1) is 17.6 Å². The van der Waals surface area contributed by atoms with E-state index >= 15 is 0 Å². The fourth-order valence-corrected chi connectivity index (χ4v) is 3.81. The lowest BCUT2D eigenvalue weighted by Gasteiger charge is -2.14. The van der Waals surface area contributed by atoms with Gasteiger partial charge in [-0.3, -0.25) is 9.23 Å². The van der Waals surface area contributed by atoms with Crippen molar-refractivity contribution in [2.24, 2.45) is 0 Å². The van der Waals surface area contributed by atoms with Gasteiger partial charge in [-0.05, 0) is 23.8 Å². The zero-order valence-corrected chi connectivity index (χ0v) is 13.5. The molecule has 1 aliphatic rings. The molecular weight excluding hydrogens is 320 g/mol. The van der Waals surface area contributed by atoms with Crippen LogP contribution in [0, 0.1) is 0 Å². The molecule has 0 unspecified atom stereocenters. The lowest BCUT2D eigenvalue weighted by molar-refractivity contribution is 0.494. The molecule has 1 aliphatic heterocycles. The molecule has 3 rings (SSSR count). The van der Waals surface area contributed by atoms with Gasteiger partial charge in [-0.25, -0.2) is 0 Å². The molecule has 0 amide bonds. The number of thioether (sulfide) groups is 1. The average molecular weight is 336 g/mol. The number of rotatable bonds is 4. The maximum atomic E-state index is 10.9. The summed E-state index contributed by atoms with van der Waals surface area (Å²) >= 11 is 1.81. The van der Waals surface area contributed by atoms with Gasteiger partial charge in [0, 0.05) is 17.0 Å². The Bertz CT molecular complexity index is 796. The Morgan fingerprint density at radius 1 is 1.32 bits per heavy atom. The first kappa shape index (κ1) is 15.3. The maximum absolute atomic E-state index is 10.9. The molecule has 5 nitrogen and oxygen atoms in total. The van der Waals surface area contributed by atoms with E-state index in [-0.39, 0.29) is 0 Å². The average Bonchev–Trinajstić information content (AvgIpc) is 2.84. The molecule has 2 aromatic rings. The molecule has 0 fully saturated rings. The quantitative estimate of drug-likeness (QED) is 0.869. The van der Waals surface area contributed by atoms with Gasteiger partial charge in [0.1, 0.15) is 0 Å². The first-order valence-corrected chi connectivity index (χ1v) is 9.54. The minimum Gasteiger partial charge on any atom is -0.282 e. The number of fused-ring (bicyclic) bond motifs is 1. The van der Waals surface area contributed by atoms with Gasteiger partial charge in [0.25, 0.3) is 10.1 Å². The van der Waals surface area contributed by atoms with Crippen molar-refractivity contribution in [2.45, 2.75) is 18.7 Å². The molecule has 0 bridgehead atoms. The second-order valence-electron chi connectivity index (χ2n) is 5.07. The molecule has 0 aliphatic carbocycles. The van der Waals surface area contributed by atoms with Crippen LogP contribution in [0.1, 0.15) is 22.5 Å². The van der Waals surface area contributed by atoms with Crippen molar-refractivity contribution in [2.75, 3.05) is 5.75 Å². The number of aromatic nitrogens is 2. The van der Waals surface area contributed by atoms with E-state index in [2.05, 4.69) is 5.10 Å². The van der Waals surface area contributed by atoms with Crippen LogP contribution in [0.25, 0.3) is 6.08 Å². The maximum Gasteiger partial charge on any atom is 0.287 e. The number of nitrogens with zero attached hydrogens (tertiary/aromatic N) is 2.